The van der Waals surface area contributed by atoms with Crippen LogP contribution < -0.4 is 11.1 Å². The highest BCUT2D eigenvalue weighted by Gasteiger charge is 1.93. The van der Waals surface area contributed by atoms with Gasteiger partial charge in [-0.05, 0) is 44.5 Å². The van der Waals surface area contributed by atoms with E-state index in [2.05, 4.69) is 17.4 Å². The number of hydrogen-bond donors (Lipinski definition) is 2. The number of hydrogen-bond acceptors (Lipinski definition) is 2. The Balaban J connectivity index is 0.000000162. The molecule has 84 valence electrons. The van der Waals surface area contributed by atoms with Crippen molar-refractivity contribution in [3.63, 3.8) is 0 Å². The van der Waals surface area contributed by atoms with E-state index in [4.69, 9.17) is 5.73 Å². The van der Waals surface area contributed by atoms with Crippen molar-refractivity contribution in [1.29, 1.82) is 0 Å². The molecule has 1 aromatic carbocycles. The fourth-order valence-electron chi connectivity index (χ4n) is 1.61. The van der Waals surface area contributed by atoms with Gasteiger partial charge in [-0.3, -0.25) is 0 Å². The molecule has 0 unspecified atom stereocenters. The minimum Gasteiger partial charge on any atom is -0.330 e. The molecule has 0 aromatic heterocycles. The van der Waals surface area contributed by atoms with Crippen LogP contribution in [-0.2, 0) is 6.42 Å². The first kappa shape index (κ1) is 12.2. The zero-order valence-electron chi connectivity index (χ0n) is 9.41. The lowest BCUT2D eigenvalue weighted by molar-refractivity contribution is 0.520. The Hall–Kier alpha value is -0.860. The molecule has 0 aliphatic carbocycles. The molecule has 0 radical (unpaired) electrons. The Kier molecular flexibility index (Phi) is 6.88. The highest BCUT2D eigenvalue weighted by atomic mass is 14.9. The number of piperidine rings is 1. The summed E-state index contributed by atoms with van der Waals surface area (Å²) >= 11 is 0. The lowest BCUT2D eigenvalue weighted by Gasteiger charge is -2.08. The maximum Gasteiger partial charge on any atom is -0.00367 e. The molecule has 1 saturated heterocycles. The Bertz CT molecular complexity index is 218. The summed E-state index contributed by atoms with van der Waals surface area (Å²) in [5.41, 5.74) is 6.68. The summed E-state index contributed by atoms with van der Waals surface area (Å²) in [7, 11) is 0. The Morgan fingerprint density at radius 1 is 1.00 bits per heavy atom. The first-order chi connectivity index (χ1) is 7.43. The van der Waals surface area contributed by atoms with Gasteiger partial charge in [-0.1, -0.05) is 36.8 Å². The normalized spacial score (nSPS) is 15.3. The van der Waals surface area contributed by atoms with E-state index in [0.717, 1.165) is 13.0 Å². The van der Waals surface area contributed by atoms with E-state index in [-0.39, 0.29) is 0 Å². The predicted molar refractivity (Wildman–Crippen MR) is 65.9 cm³/mol. The average Bonchev–Trinajstić information content (AvgIpc) is 2.34. The van der Waals surface area contributed by atoms with Crippen molar-refractivity contribution in [3.8, 4) is 0 Å². The fraction of sp³-hybridized carbons (Fsp3) is 0.538. The van der Waals surface area contributed by atoms with E-state index in [1.54, 1.807) is 0 Å². The molecule has 2 nitrogen and oxygen atoms in total. The molecule has 1 aromatic rings. The molecule has 2 rings (SSSR count). The Labute approximate surface area is 92.9 Å². The number of nitrogens with one attached hydrogen (secondary N) is 1. The van der Waals surface area contributed by atoms with Crippen LogP contribution in [0.5, 0.6) is 0 Å². The van der Waals surface area contributed by atoms with Gasteiger partial charge in [0.15, 0.2) is 0 Å². The molecule has 1 heterocycles. The summed E-state index contributed by atoms with van der Waals surface area (Å²) in [6, 6.07) is 10.3. The number of benzene rings is 1. The van der Waals surface area contributed by atoms with Crippen LogP contribution in [0.1, 0.15) is 24.8 Å². The third kappa shape index (κ3) is 6.26. The van der Waals surface area contributed by atoms with Gasteiger partial charge < -0.3 is 11.1 Å². The van der Waals surface area contributed by atoms with Gasteiger partial charge in [0.05, 0.1) is 0 Å². The van der Waals surface area contributed by atoms with Gasteiger partial charge in [0.2, 0.25) is 0 Å². The molecule has 3 N–H and O–H groups in total. The number of rotatable bonds is 2. The monoisotopic (exact) mass is 206 g/mol. The van der Waals surface area contributed by atoms with Gasteiger partial charge in [0.25, 0.3) is 0 Å². The van der Waals surface area contributed by atoms with Gasteiger partial charge in [-0.2, -0.15) is 0 Å². The van der Waals surface area contributed by atoms with E-state index >= 15 is 0 Å². The summed E-state index contributed by atoms with van der Waals surface area (Å²) in [4.78, 5) is 0. The second-order valence-electron chi connectivity index (χ2n) is 3.83. The molecule has 0 spiro atoms. The molecule has 0 atom stereocenters. The molecule has 1 aliphatic heterocycles. The zero-order valence-corrected chi connectivity index (χ0v) is 9.41. The average molecular weight is 206 g/mol. The molecule has 2 heteroatoms. The largest absolute Gasteiger partial charge is 0.330 e. The molecule has 1 fully saturated rings. The first-order valence-electron chi connectivity index (χ1n) is 5.88. The highest BCUT2D eigenvalue weighted by Crippen LogP contribution is 1.97. The van der Waals surface area contributed by atoms with Gasteiger partial charge in [-0.15, -0.1) is 0 Å². The lowest BCUT2D eigenvalue weighted by Crippen LogP contribution is -2.21. The van der Waals surface area contributed by atoms with E-state index < -0.39 is 0 Å². The van der Waals surface area contributed by atoms with Crippen molar-refractivity contribution in [2.24, 2.45) is 5.73 Å². The minimum atomic E-state index is 0.740. The van der Waals surface area contributed by atoms with Crippen LogP contribution in [0.25, 0.3) is 0 Å². The molecule has 0 amide bonds. The summed E-state index contributed by atoms with van der Waals surface area (Å²) in [5, 5.41) is 3.28. The van der Waals surface area contributed by atoms with Crippen LogP contribution in [-0.4, -0.2) is 19.6 Å². The van der Waals surface area contributed by atoms with Crippen molar-refractivity contribution in [2.45, 2.75) is 25.7 Å². The van der Waals surface area contributed by atoms with Crippen LogP contribution in [0, 0.1) is 0 Å². The lowest BCUT2D eigenvalue weighted by atomic mass is 10.2. The Morgan fingerprint density at radius 2 is 1.67 bits per heavy atom. The second kappa shape index (κ2) is 8.45. The first-order valence-corrected chi connectivity index (χ1v) is 5.88. The Morgan fingerprint density at radius 3 is 2.07 bits per heavy atom. The third-order valence-electron chi connectivity index (χ3n) is 2.48. The van der Waals surface area contributed by atoms with E-state index in [1.165, 1.54) is 37.9 Å². The summed E-state index contributed by atoms with van der Waals surface area (Å²) in [5.74, 6) is 0. The highest BCUT2D eigenvalue weighted by molar-refractivity contribution is 5.14. The standard InChI is InChI=1S/C8H11N.C5H11N/c9-7-6-8-4-2-1-3-5-8;1-2-4-6-5-3-1/h1-5H,6-7,9H2;6H,1-5H2. The van der Waals surface area contributed by atoms with Crippen molar-refractivity contribution >= 4 is 0 Å². The van der Waals surface area contributed by atoms with Crippen LogP contribution in [0.3, 0.4) is 0 Å². The minimum absolute atomic E-state index is 0.740. The van der Waals surface area contributed by atoms with Crippen LogP contribution in [0.15, 0.2) is 30.3 Å². The topological polar surface area (TPSA) is 38.0 Å². The van der Waals surface area contributed by atoms with Crippen LogP contribution in [0.4, 0.5) is 0 Å². The van der Waals surface area contributed by atoms with Crippen molar-refractivity contribution in [3.05, 3.63) is 35.9 Å². The predicted octanol–water partition coefficient (Wildman–Crippen LogP) is 1.95. The molecule has 0 saturated carbocycles. The van der Waals surface area contributed by atoms with Gasteiger partial charge in [-0.25, -0.2) is 0 Å². The molecular weight excluding hydrogens is 184 g/mol. The summed E-state index contributed by atoms with van der Waals surface area (Å²) < 4.78 is 0. The van der Waals surface area contributed by atoms with E-state index in [0.29, 0.717) is 0 Å². The molecule has 0 bridgehead atoms. The fourth-order valence-corrected chi connectivity index (χ4v) is 1.61. The second-order valence-corrected chi connectivity index (χ2v) is 3.83. The number of nitrogens with two attached hydrogens (primary N) is 1. The third-order valence-corrected chi connectivity index (χ3v) is 2.48. The quantitative estimate of drug-likeness (QED) is 0.776. The van der Waals surface area contributed by atoms with Gasteiger partial charge in [0.1, 0.15) is 0 Å². The maximum atomic E-state index is 5.36. The van der Waals surface area contributed by atoms with Crippen molar-refractivity contribution in [1.82, 2.24) is 5.32 Å². The van der Waals surface area contributed by atoms with E-state index in [9.17, 15) is 0 Å². The zero-order chi connectivity index (χ0) is 10.8. The molecule has 15 heavy (non-hydrogen) atoms. The van der Waals surface area contributed by atoms with Crippen LogP contribution >= 0.6 is 0 Å². The van der Waals surface area contributed by atoms with Crippen molar-refractivity contribution < 1.29 is 0 Å². The molecular formula is C13H22N2. The molecule has 1 aliphatic rings. The summed E-state index contributed by atoms with van der Waals surface area (Å²) in [6.45, 7) is 3.24. The van der Waals surface area contributed by atoms with Crippen LogP contribution in [0.2, 0.25) is 0 Å². The van der Waals surface area contributed by atoms with Crippen molar-refractivity contribution in [2.75, 3.05) is 19.6 Å². The maximum absolute atomic E-state index is 5.36. The summed E-state index contributed by atoms with van der Waals surface area (Å²) in [6.07, 6.45) is 5.20. The smallest absolute Gasteiger partial charge is 0.00367 e. The van der Waals surface area contributed by atoms with Gasteiger partial charge >= 0.3 is 0 Å². The SMILES string of the molecule is C1CCNCC1.NCCc1ccccc1. The van der Waals surface area contributed by atoms with E-state index in [1.807, 2.05) is 18.2 Å². The van der Waals surface area contributed by atoms with Gasteiger partial charge in [0, 0.05) is 0 Å².